The van der Waals surface area contributed by atoms with Gasteiger partial charge in [-0.25, -0.2) is 0 Å². The molecule has 0 bridgehead atoms. The van der Waals surface area contributed by atoms with E-state index in [-0.39, 0.29) is 13.2 Å². The number of nitrogens with two attached hydrogens (primary N) is 1. The van der Waals surface area contributed by atoms with Gasteiger partial charge in [0.2, 0.25) is 0 Å². The summed E-state index contributed by atoms with van der Waals surface area (Å²) in [5.74, 6) is 0. The number of nitrogen functional groups attached to an aromatic ring is 1. The second-order valence-corrected chi connectivity index (χ2v) is 4.49. The average molecular weight is 261 g/mol. The molecular weight excluding hydrogens is 242 g/mol. The zero-order chi connectivity index (χ0) is 13.8. The van der Waals surface area contributed by atoms with Gasteiger partial charge in [-0.05, 0) is 31.2 Å². The summed E-state index contributed by atoms with van der Waals surface area (Å²) in [5, 5.41) is 19.3. The van der Waals surface area contributed by atoms with Gasteiger partial charge in [-0.15, -0.1) is 0 Å². The van der Waals surface area contributed by atoms with Crippen LogP contribution in [-0.4, -0.2) is 41.5 Å². The molecular formula is C14H19N3O2. The van der Waals surface area contributed by atoms with Crippen LogP contribution >= 0.6 is 0 Å². The van der Waals surface area contributed by atoms with E-state index in [9.17, 15) is 0 Å². The minimum absolute atomic E-state index is 0.0329. The second-order valence-electron chi connectivity index (χ2n) is 4.49. The van der Waals surface area contributed by atoms with Crippen LogP contribution in [-0.2, 0) is 0 Å². The van der Waals surface area contributed by atoms with Crippen LogP contribution in [0.1, 0.15) is 5.69 Å². The number of anilines is 2. The number of pyridine rings is 1. The number of aryl methyl sites for hydroxylation is 1. The van der Waals surface area contributed by atoms with E-state index in [1.807, 2.05) is 36.1 Å². The van der Waals surface area contributed by atoms with E-state index in [0.717, 1.165) is 22.3 Å². The lowest BCUT2D eigenvalue weighted by Crippen LogP contribution is -2.30. The van der Waals surface area contributed by atoms with E-state index < -0.39 is 0 Å². The fraction of sp³-hybridized carbons (Fsp3) is 0.357. The first-order valence-corrected chi connectivity index (χ1v) is 6.29. The smallest absolute Gasteiger partial charge is 0.0727 e. The van der Waals surface area contributed by atoms with E-state index in [2.05, 4.69) is 4.98 Å². The summed E-state index contributed by atoms with van der Waals surface area (Å²) in [6.07, 6.45) is 0. The largest absolute Gasteiger partial charge is 0.399 e. The lowest BCUT2D eigenvalue weighted by molar-refractivity contribution is 0.281. The summed E-state index contributed by atoms with van der Waals surface area (Å²) in [6, 6.07) is 7.53. The van der Waals surface area contributed by atoms with Crippen LogP contribution in [0.15, 0.2) is 24.3 Å². The molecule has 102 valence electrons. The first kappa shape index (κ1) is 13.6. The maximum absolute atomic E-state index is 9.16. The number of fused-ring (bicyclic) bond motifs is 1. The van der Waals surface area contributed by atoms with E-state index in [1.54, 1.807) is 0 Å². The molecule has 1 aromatic carbocycles. The molecule has 0 fully saturated rings. The van der Waals surface area contributed by atoms with Crippen LogP contribution in [0.5, 0.6) is 0 Å². The Hall–Kier alpha value is -1.85. The van der Waals surface area contributed by atoms with Crippen molar-refractivity contribution in [2.24, 2.45) is 0 Å². The van der Waals surface area contributed by atoms with Crippen molar-refractivity contribution < 1.29 is 10.2 Å². The molecule has 4 N–H and O–H groups in total. The van der Waals surface area contributed by atoms with E-state index >= 15 is 0 Å². The zero-order valence-corrected chi connectivity index (χ0v) is 11.0. The SMILES string of the molecule is Cc1cc(N(CCO)CCO)c2cc(N)ccc2n1. The number of aromatic nitrogens is 1. The van der Waals surface area contributed by atoms with Gasteiger partial charge in [0.1, 0.15) is 0 Å². The number of hydrogen-bond donors (Lipinski definition) is 3. The predicted molar refractivity (Wildman–Crippen MR) is 77.3 cm³/mol. The molecule has 19 heavy (non-hydrogen) atoms. The van der Waals surface area contributed by atoms with Crippen molar-refractivity contribution in [3.05, 3.63) is 30.0 Å². The summed E-state index contributed by atoms with van der Waals surface area (Å²) in [7, 11) is 0. The fourth-order valence-corrected chi connectivity index (χ4v) is 2.21. The molecule has 0 radical (unpaired) electrons. The van der Waals surface area contributed by atoms with Crippen molar-refractivity contribution >= 4 is 22.3 Å². The molecule has 2 rings (SSSR count). The number of aliphatic hydroxyl groups is 2. The van der Waals surface area contributed by atoms with Gasteiger partial charge in [-0.1, -0.05) is 0 Å². The Kier molecular flexibility index (Phi) is 4.19. The summed E-state index contributed by atoms with van der Waals surface area (Å²) >= 11 is 0. The molecule has 0 aliphatic rings. The molecule has 5 nitrogen and oxygen atoms in total. The first-order valence-electron chi connectivity index (χ1n) is 6.29. The maximum Gasteiger partial charge on any atom is 0.0727 e. The van der Waals surface area contributed by atoms with Gasteiger partial charge in [-0.2, -0.15) is 0 Å². The molecule has 0 saturated carbocycles. The molecule has 5 heteroatoms. The van der Waals surface area contributed by atoms with Gasteiger partial charge < -0.3 is 20.8 Å². The lowest BCUT2D eigenvalue weighted by Gasteiger charge is -2.25. The Balaban J connectivity index is 2.58. The van der Waals surface area contributed by atoms with Crippen LogP contribution in [0, 0.1) is 6.92 Å². The van der Waals surface area contributed by atoms with Crippen molar-refractivity contribution in [1.29, 1.82) is 0 Å². The van der Waals surface area contributed by atoms with Crippen LogP contribution in [0.3, 0.4) is 0 Å². The predicted octanol–water partition coefficient (Wildman–Crippen LogP) is 0.916. The van der Waals surface area contributed by atoms with E-state index in [0.29, 0.717) is 18.8 Å². The van der Waals surface area contributed by atoms with Crippen molar-refractivity contribution in [2.75, 3.05) is 36.9 Å². The highest BCUT2D eigenvalue weighted by molar-refractivity contribution is 5.94. The molecule has 0 atom stereocenters. The number of nitrogens with zero attached hydrogens (tertiary/aromatic N) is 2. The highest BCUT2D eigenvalue weighted by Crippen LogP contribution is 2.28. The highest BCUT2D eigenvalue weighted by atomic mass is 16.3. The second kappa shape index (κ2) is 5.86. The van der Waals surface area contributed by atoms with Gasteiger partial charge in [0, 0.05) is 35.5 Å². The van der Waals surface area contributed by atoms with Crippen LogP contribution in [0.4, 0.5) is 11.4 Å². The highest BCUT2D eigenvalue weighted by Gasteiger charge is 2.11. The molecule has 1 heterocycles. The third-order valence-corrected chi connectivity index (χ3v) is 3.02. The van der Waals surface area contributed by atoms with Crippen LogP contribution < -0.4 is 10.6 Å². The van der Waals surface area contributed by atoms with Crippen LogP contribution in [0.2, 0.25) is 0 Å². The Morgan fingerprint density at radius 1 is 1.16 bits per heavy atom. The van der Waals surface area contributed by atoms with Crippen molar-refractivity contribution in [2.45, 2.75) is 6.92 Å². The van der Waals surface area contributed by atoms with Crippen LogP contribution in [0.25, 0.3) is 10.9 Å². The van der Waals surface area contributed by atoms with E-state index in [1.165, 1.54) is 0 Å². The third kappa shape index (κ3) is 2.94. The van der Waals surface area contributed by atoms with Crippen molar-refractivity contribution in [1.82, 2.24) is 4.98 Å². The molecule has 0 spiro atoms. The molecule has 1 aromatic heterocycles. The molecule has 2 aromatic rings. The van der Waals surface area contributed by atoms with Gasteiger partial charge in [0.05, 0.1) is 18.7 Å². The normalized spacial score (nSPS) is 10.9. The lowest BCUT2D eigenvalue weighted by atomic mass is 10.1. The Labute approximate surface area is 112 Å². The van der Waals surface area contributed by atoms with E-state index in [4.69, 9.17) is 15.9 Å². The summed E-state index contributed by atoms with van der Waals surface area (Å²) in [5.41, 5.74) is 9.21. The summed E-state index contributed by atoms with van der Waals surface area (Å²) < 4.78 is 0. The Bertz CT molecular complexity index is 566. The number of hydrogen-bond acceptors (Lipinski definition) is 5. The molecule has 0 aliphatic carbocycles. The van der Waals surface area contributed by atoms with Crippen molar-refractivity contribution in [3.63, 3.8) is 0 Å². The molecule has 0 aliphatic heterocycles. The summed E-state index contributed by atoms with van der Waals surface area (Å²) in [4.78, 5) is 6.41. The quantitative estimate of drug-likeness (QED) is 0.697. The van der Waals surface area contributed by atoms with Gasteiger partial charge in [0.15, 0.2) is 0 Å². The third-order valence-electron chi connectivity index (χ3n) is 3.02. The van der Waals surface area contributed by atoms with Crippen molar-refractivity contribution in [3.8, 4) is 0 Å². The molecule has 0 unspecified atom stereocenters. The monoisotopic (exact) mass is 261 g/mol. The first-order chi connectivity index (χ1) is 9.15. The number of benzene rings is 1. The Morgan fingerprint density at radius 3 is 2.47 bits per heavy atom. The minimum Gasteiger partial charge on any atom is -0.399 e. The summed E-state index contributed by atoms with van der Waals surface area (Å²) in [6.45, 7) is 2.92. The standard InChI is InChI=1S/C14H19N3O2/c1-10-8-14(17(4-6-18)5-7-19)12-9-11(15)2-3-13(12)16-10/h2-3,8-9,18-19H,4-7,15H2,1H3. The molecule has 0 amide bonds. The average Bonchev–Trinajstić information content (AvgIpc) is 2.38. The Morgan fingerprint density at radius 2 is 1.84 bits per heavy atom. The molecule has 0 saturated heterocycles. The topological polar surface area (TPSA) is 82.6 Å². The number of rotatable bonds is 5. The van der Waals surface area contributed by atoms with Gasteiger partial charge in [-0.3, -0.25) is 4.98 Å². The minimum atomic E-state index is 0.0329. The van der Waals surface area contributed by atoms with Gasteiger partial charge in [0.25, 0.3) is 0 Å². The fourth-order valence-electron chi connectivity index (χ4n) is 2.21. The van der Waals surface area contributed by atoms with Gasteiger partial charge >= 0.3 is 0 Å². The maximum atomic E-state index is 9.16. The zero-order valence-electron chi connectivity index (χ0n) is 11.0. The number of aliphatic hydroxyl groups excluding tert-OH is 2.